The zero-order chi connectivity index (χ0) is 26.7. The molecule has 0 radical (unpaired) electrons. The van der Waals surface area contributed by atoms with Crippen LogP contribution in [0.3, 0.4) is 0 Å². The maximum atomic E-state index is 12.1. The predicted octanol–water partition coefficient (Wildman–Crippen LogP) is 0.164. The molecule has 0 saturated heterocycles. The minimum absolute atomic E-state index is 0.0118. The van der Waals surface area contributed by atoms with E-state index in [2.05, 4.69) is 0 Å². The standard InChI is InChI=1S/2C11H10N2O4S/c2*1-8-2-4-9(5-3-8)18(16,17)13-7-6-10(14)12-11(13)15/h2*2-7H,1H3,(H,12,14,15). The van der Waals surface area contributed by atoms with Gasteiger partial charge in [0.1, 0.15) is 0 Å². The third-order valence-corrected chi connectivity index (χ3v) is 8.09. The van der Waals surface area contributed by atoms with Gasteiger partial charge in [0.05, 0.1) is 9.79 Å². The van der Waals surface area contributed by atoms with Crippen LogP contribution in [0.25, 0.3) is 0 Å². The van der Waals surface area contributed by atoms with E-state index < -0.39 is 42.5 Å². The van der Waals surface area contributed by atoms with Gasteiger partial charge in [-0.15, -0.1) is 0 Å². The molecule has 2 aromatic carbocycles. The van der Waals surface area contributed by atoms with Crippen LogP contribution in [0.5, 0.6) is 0 Å². The minimum Gasteiger partial charge on any atom is -0.273 e. The topological polar surface area (TPSA) is 178 Å². The molecular weight excluding hydrogens is 512 g/mol. The zero-order valence-corrected chi connectivity index (χ0v) is 20.5. The number of nitrogens with zero attached hydrogens (tertiary/aromatic N) is 2. The number of nitrogens with one attached hydrogen (secondary N) is 2. The first-order chi connectivity index (χ1) is 16.8. The summed E-state index contributed by atoms with van der Waals surface area (Å²) < 4.78 is 49.5. The number of rotatable bonds is 4. The molecule has 0 aliphatic rings. The highest BCUT2D eigenvalue weighted by molar-refractivity contribution is 7.90. The summed E-state index contributed by atoms with van der Waals surface area (Å²) in [6, 6.07) is 14.1. The van der Waals surface area contributed by atoms with Crippen LogP contribution in [-0.2, 0) is 20.0 Å². The van der Waals surface area contributed by atoms with Crippen LogP contribution in [0.2, 0.25) is 0 Å². The van der Waals surface area contributed by atoms with Gasteiger partial charge in [-0.25, -0.2) is 26.4 Å². The van der Waals surface area contributed by atoms with Crippen LogP contribution in [0.4, 0.5) is 0 Å². The van der Waals surface area contributed by atoms with Crippen molar-refractivity contribution in [3.63, 3.8) is 0 Å². The zero-order valence-electron chi connectivity index (χ0n) is 18.9. The van der Waals surface area contributed by atoms with E-state index in [1.807, 2.05) is 23.8 Å². The van der Waals surface area contributed by atoms with Crippen LogP contribution in [-0.4, -0.2) is 34.7 Å². The monoisotopic (exact) mass is 532 g/mol. The van der Waals surface area contributed by atoms with Gasteiger partial charge in [0, 0.05) is 24.5 Å². The molecule has 2 N–H and O–H groups in total. The molecule has 0 atom stereocenters. The van der Waals surface area contributed by atoms with Crippen LogP contribution >= 0.6 is 0 Å². The van der Waals surface area contributed by atoms with Crippen LogP contribution < -0.4 is 22.5 Å². The number of aryl methyl sites for hydroxylation is 2. The lowest BCUT2D eigenvalue weighted by molar-refractivity contribution is 0.581. The average Bonchev–Trinajstić information content (AvgIpc) is 2.79. The van der Waals surface area contributed by atoms with Gasteiger partial charge in [0.15, 0.2) is 0 Å². The third kappa shape index (κ3) is 5.67. The second kappa shape index (κ2) is 10.1. The molecule has 14 heteroatoms. The number of benzene rings is 2. The normalized spacial score (nSPS) is 11.4. The van der Waals surface area contributed by atoms with Gasteiger partial charge in [0.25, 0.3) is 31.2 Å². The molecule has 188 valence electrons. The summed E-state index contributed by atoms with van der Waals surface area (Å²) in [5, 5.41) is 0. The molecular formula is C22H20N4O8S2. The van der Waals surface area contributed by atoms with Gasteiger partial charge >= 0.3 is 11.4 Å². The number of aromatic amines is 2. The molecule has 4 aromatic rings. The lowest BCUT2D eigenvalue weighted by atomic mass is 10.2. The van der Waals surface area contributed by atoms with E-state index in [0.717, 1.165) is 35.7 Å². The Morgan fingerprint density at radius 2 is 0.833 bits per heavy atom. The summed E-state index contributed by atoms with van der Waals surface area (Å²) >= 11 is 0. The molecule has 0 spiro atoms. The fourth-order valence-corrected chi connectivity index (χ4v) is 5.22. The van der Waals surface area contributed by atoms with E-state index in [0.29, 0.717) is 7.94 Å². The first kappa shape index (κ1) is 26.3. The molecule has 2 aromatic heterocycles. The summed E-state index contributed by atoms with van der Waals surface area (Å²) in [6.07, 6.45) is 1.88. The highest BCUT2D eigenvalue weighted by Crippen LogP contribution is 2.13. The Bertz CT molecular complexity index is 1710. The van der Waals surface area contributed by atoms with Gasteiger partial charge in [-0.3, -0.25) is 19.6 Å². The van der Waals surface area contributed by atoms with Crippen molar-refractivity contribution in [2.45, 2.75) is 23.6 Å². The molecule has 36 heavy (non-hydrogen) atoms. The Labute approximate surface area is 204 Å². The van der Waals surface area contributed by atoms with Crippen molar-refractivity contribution in [1.82, 2.24) is 17.9 Å². The summed E-state index contributed by atoms with van der Waals surface area (Å²) in [4.78, 5) is 48.5. The highest BCUT2D eigenvalue weighted by atomic mass is 32.2. The Morgan fingerprint density at radius 1 is 0.528 bits per heavy atom. The quantitative estimate of drug-likeness (QED) is 0.373. The Kier molecular flexibility index (Phi) is 7.40. The molecule has 2 heterocycles. The van der Waals surface area contributed by atoms with Gasteiger partial charge in [0.2, 0.25) is 0 Å². The smallest absolute Gasteiger partial charge is 0.273 e. The molecule has 4 rings (SSSR count). The fourth-order valence-electron chi connectivity index (χ4n) is 2.84. The Hall–Kier alpha value is -4.30. The van der Waals surface area contributed by atoms with Gasteiger partial charge in [-0.2, -0.15) is 7.94 Å². The number of H-pyrrole nitrogens is 2. The summed E-state index contributed by atoms with van der Waals surface area (Å²) in [5.41, 5.74) is -1.44. The molecule has 0 fully saturated rings. The number of aromatic nitrogens is 4. The summed E-state index contributed by atoms with van der Waals surface area (Å²) in [6.45, 7) is 3.64. The first-order valence-electron chi connectivity index (χ1n) is 10.1. The van der Waals surface area contributed by atoms with Gasteiger partial charge in [-0.05, 0) is 38.1 Å². The van der Waals surface area contributed by atoms with E-state index in [9.17, 15) is 36.0 Å². The van der Waals surface area contributed by atoms with E-state index in [4.69, 9.17) is 0 Å². The second-order valence-electron chi connectivity index (χ2n) is 7.45. The predicted molar refractivity (Wildman–Crippen MR) is 130 cm³/mol. The van der Waals surface area contributed by atoms with Crippen molar-refractivity contribution in [3.05, 3.63) is 126 Å². The molecule has 0 unspecified atom stereocenters. The SMILES string of the molecule is Cc1ccc(S(=O)(=O)n2ccc(=O)[nH]c2=O)cc1.Cc1ccc(S(=O)(=O)n2ccc(=O)[nH]c2=O)cc1. The van der Waals surface area contributed by atoms with Crippen LogP contribution in [0.15, 0.2) is 102 Å². The van der Waals surface area contributed by atoms with Crippen LogP contribution in [0, 0.1) is 13.8 Å². The highest BCUT2D eigenvalue weighted by Gasteiger charge is 2.19. The summed E-state index contributed by atoms with van der Waals surface area (Å²) in [5.74, 6) is 0. The molecule has 12 nitrogen and oxygen atoms in total. The molecule has 0 amide bonds. The lowest BCUT2D eigenvalue weighted by Gasteiger charge is -2.06. The lowest BCUT2D eigenvalue weighted by Crippen LogP contribution is -2.33. The largest absolute Gasteiger partial charge is 0.342 e. The van der Waals surface area contributed by atoms with Gasteiger partial charge in [-0.1, -0.05) is 35.4 Å². The first-order valence-corrected chi connectivity index (χ1v) is 13.0. The number of hydrogen-bond donors (Lipinski definition) is 2. The molecule has 0 saturated carbocycles. The Balaban J connectivity index is 0.000000201. The van der Waals surface area contributed by atoms with E-state index in [-0.39, 0.29) is 9.79 Å². The maximum absolute atomic E-state index is 12.1. The van der Waals surface area contributed by atoms with E-state index in [1.54, 1.807) is 24.3 Å². The van der Waals surface area contributed by atoms with Crippen molar-refractivity contribution in [1.29, 1.82) is 0 Å². The van der Waals surface area contributed by atoms with Crippen molar-refractivity contribution < 1.29 is 16.8 Å². The van der Waals surface area contributed by atoms with Crippen molar-refractivity contribution in [2.24, 2.45) is 0 Å². The molecule has 0 aliphatic heterocycles. The third-order valence-electron chi connectivity index (χ3n) is 4.74. The maximum Gasteiger partial charge on any atom is 0.342 e. The van der Waals surface area contributed by atoms with Crippen molar-refractivity contribution in [2.75, 3.05) is 0 Å². The van der Waals surface area contributed by atoms with Crippen LogP contribution in [0.1, 0.15) is 11.1 Å². The minimum atomic E-state index is -3.97. The number of hydrogen-bond acceptors (Lipinski definition) is 8. The fraction of sp³-hybridized carbons (Fsp3) is 0.0909. The van der Waals surface area contributed by atoms with Crippen molar-refractivity contribution in [3.8, 4) is 0 Å². The molecule has 0 aliphatic carbocycles. The Morgan fingerprint density at radius 3 is 1.11 bits per heavy atom. The van der Waals surface area contributed by atoms with Gasteiger partial charge < -0.3 is 0 Å². The van der Waals surface area contributed by atoms with E-state index >= 15 is 0 Å². The molecule has 0 bridgehead atoms. The summed E-state index contributed by atoms with van der Waals surface area (Å²) in [7, 11) is -7.94. The van der Waals surface area contributed by atoms with Crippen molar-refractivity contribution >= 4 is 20.0 Å². The second-order valence-corrected chi connectivity index (χ2v) is 11.1. The van der Waals surface area contributed by atoms with E-state index in [1.165, 1.54) is 24.3 Å². The average molecular weight is 533 g/mol.